The Kier molecular flexibility index (Phi) is 7.08. The zero-order valence-electron chi connectivity index (χ0n) is 18.8. The normalized spacial score (nSPS) is 12.6. The van der Waals surface area contributed by atoms with Crippen molar-refractivity contribution in [1.82, 2.24) is 5.43 Å². The van der Waals surface area contributed by atoms with Crippen LogP contribution in [-0.2, 0) is 20.2 Å². The third-order valence-corrected chi connectivity index (χ3v) is 5.95. The van der Waals surface area contributed by atoms with Crippen molar-refractivity contribution in [1.29, 1.82) is 0 Å². The quantitative estimate of drug-likeness (QED) is 0.559. The summed E-state index contributed by atoms with van der Waals surface area (Å²) in [6.07, 6.45) is 1.09. The zero-order chi connectivity index (χ0) is 22.7. The summed E-state index contributed by atoms with van der Waals surface area (Å²) in [5.74, 6) is -0.508. The molecule has 0 radical (unpaired) electrons. The zero-order valence-corrected chi connectivity index (χ0v) is 19.6. The molecule has 0 heterocycles. The number of carbonyl (C=O) groups excluding carboxylic acids is 1. The first-order chi connectivity index (χ1) is 13.8. The molecule has 2 aromatic carbocycles. The molecule has 0 atom stereocenters. The fraction of sp³-hybridized carbons (Fsp3) is 0.391. The summed E-state index contributed by atoms with van der Waals surface area (Å²) in [5, 5.41) is 4.15. The maximum atomic E-state index is 12.4. The van der Waals surface area contributed by atoms with Gasteiger partial charge in [0.2, 0.25) is 10.0 Å². The van der Waals surface area contributed by atoms with Gasteiger partial charge in [0.15, 0.2) is 0 Å². The number of rotatable bonds is 6. The standard InChI is InChI=1S/C23H31N3O3S/c1-16-8-13-21(17(2)14-16)26(30(7,28)29)15-22(27)25-24-18(3)19-9-11-20(12-10-19)23(4,5)6/h8-14H,15H2,1-7H3,(H,25,27)/b24-18-. The van der Waals surface area contributed by atoms with E-state index in [-0.39, 0.29) is 12.0 Å². The van der Waals surface area contributed by atoms with Crippen LogP contribution in [0, 0.1) is 13.8 Å². The van der Waals surface area contributed by atoms with Gasteiger partial charge in [0.1, 0.15) is 6.54 Å². The van der Waals surface area contributed by atoms with Crippen LogP contribution in [0.15, 0.2) is 47.6 Å². The molecule has 0 aliphatic carbocycles. The first kappa shape index (κ1) is 23.6. The summed E-state index contributed by atoms with van der Waals surface area (Å²) in [6.45, 7) is 11.6. The van der Waals surface area contributed by atoms with E-state index in [1.807, 2.05) is 50.2 Å². The van der Waals surface area contributed by atoms with Gasteiger partial charge in [-0.25, -0.2) is 13.8 Å². The monoisotopic (exact) mass is 429 g/mol. The molecule has 2 aromatic rings. The van der Waals surface area contributed by atoms with Crippen LogP contribution >= 0.6 is 0 Å². The molecular weight excluding hydrogens is 398 g/mol. The number of amides is 1. The van der Waals surface area contributed by atoms with E-state index in [0.29, 0.717) is 11.4 Å². The number of nitrogens with zero attached hydrogens (tertiary/aromatic N) is 2. The SMILES string of the molecule is C/C(=N/NC(=O)CN(c1ccc(C)cc1C)S(C)(=O)=O)c1ccc(C(C)(C)C)cc1. The molecule has 0 aliphatic heterocycles. The minimum Gasteiger partial charge on any atom is -0.271 e. The Labute approximate surface area is 180 Å². The number of carbonyl (C=O) groups is 1. The fourth-order valence-corrected chi connectivity index (χ4v) is 3.97. The van der Waals surface area contributed by atoms with Crippen LogP contribution in [0.3, 0.4) is 0 Å². The molecule has 0 aromatic heterocycles. The molecule has 6 nitrogen and oxygen atoms in total. The number of nitrogens with one attached hydrogen (secondary N) is 1. The molecule has 0 aliphatic rings. The fourth-order valence-electron chi connectivity index (χ4n) is 3.05. The van der Waals surface area contributed by atoms with Crippen LogP contribution in [0.4, 0.5) is 5.69 Å². The Morgan fingerprint density at radius 1 is 1.07 bits per heavy atom. The molecule has 162 valence electrons. The van der Waals surface area contributed by atoms with Crippen molar-refractivity contribution >= 4 is 27.3 Å². The van der Waals surface area contributed by atoms with E-state index in [0.717, 1.165) is 27.3 Å². The molecule has 0 fully saturated rings. The number of anilines is 1. The number of hydrogen-bond acceptors (Lipinski definition) is 4. The van der Waals surface area contributed by atoms with Crippen LogP contribution in [0.1, 0.15) is 49.9 Å². The second-order valence-electron chi connectivity index (χ2n) is 8.62. The first-order valence-corrected chi connectivity index (χ1v) is 11.6. The molecule has 2 rings (SSSR count). The maximum Gasteiger partial charge on any atom is 0.260 e. The lowest BCUT2D eigenvalue weighted by atomic mass is 9.86. The molecule has 1 amide bonds. The molecular formula is C23H31N3O3S. The topological polar surface area (TPSA) is 78.8 Å². The molecule has 0 unspecified atom stereocenters. The average molecular weight is 430 g/mol. The summed E-state index contributed by atoms with van der Waals surface area (Å²) in [6, 6.07) is 13.4. The third-order valence-electron chi connectivity index (χ3n) is 4.83. The summed E-state index contributed by atoms with van der Waals surface area (Å²) in [4.78, 5) is 12.4. The lowest BCUT2D eigenvalue weighted by Crippen LogP contribution is -2.39. The van der Waals surface area contributed by atoms with Crippen molar-refractivity contribution in [3.05, 3.63) is 64.7 Å². The highest BCUT2D eigenvalue weighted by molar-refractivity contribution is 7.92. The van der Waals surface area contributed by atoms with Crippen molar-refractivity contribution in [3.8, 4) is 0 Å². The predicted octanol–water partition coefficient (Wildman–Crippen LogP) is 3.91. The highest BCUT2D eigenvalue weighted by Gasteiger charge is 2.22. The lowest BCUT2D eigenvalue weighted by molar-refractivity contribution is -0.119. The smallest absolute Gasteiger partial charge is 0.260 e. The van der Waals surface area contributed by atoms with Crippen LogP contribution < -0.4 is 9.73 Å². The van der Waals surface area contributed by atoms with Crippen molar-refractivity contribution in [3.63, 3.8) is 0 Å². The number of hydrazone groups is 1. The van der Waals surface area contributed by atoms with Gasteiger partial charge in [-0.15, -0.1) is 0 Å². The summed E-state index contributed by atoms with van der Waals surface area (Å²) < 4.78 is 25.7. The summed E-state index contributed by atoms with van der Waals surface area (Å²) in [5.41, 5.74) is 7.55. The number of sulfonamides is 1. The molecule has 0 bridgehead atoms. The maximum absolute atomic E-state index is 12.4. The predicted molar refractivity (Wildman–Crippen MR) is 124 cm³/mol. The van der Waals surface area contributed by atoms with Crippen LogP contribution in [0.5, 0.6) is 0 Å². The van der Waals surface area contributed by atoms with Gasteiger partial charge in [-0.3, -0.25) is 9.10 Å². The summed E-state index contributed by atoms with van der Waals surface area (Å²) in [7, 11) is -3.63. The van der Waals surface area contributed by atoms with Gasteiger partial charge in [-0.1, -0.05) is 62.7 Å². The summed E-state index contributed by atoms with van der Waals surface area (Å²) >= 11 is 0. The van der Waals surface area contributed by atoms with Crippen molar-refractivity contribution in [2.75, 3.05) is 17.1 Å². The van der Waals surface area contributed by atoms with Crippen LogP contribution in [-0.4, -0.2) is 32.8 Å². The van der Waals surface area contributed by atoms with Crippen molar-refractivity contribution in [2.45, 2.75) is 47.0 Å². The second-order valence-corrected chi connectivity index (χ2v) is 10.5. The first-order valence-electron chi connectivity index (χ1n) is 9.78. The van der Waals surface area contributed by atoms with Crippen molar-refractivity contribution in [2.24, 2.45) is 5.10 Å². The minimum absolute atomic E-state index is 0.0566. The molecule has 30 heavy (non-hydrogen) atoms. The number of aryl methyl sites for hydroxylation is 2. The van der Waals surface area contributed by atoms with Crippen LogP contribution in [0.2, 0.25) is 0 Å². The lowest BCUT2D eigenvalue weighted by Gasteiger charge is -2.23. The Morgan fingerprint density at radius 2 is 1.67 bits per heavy atom. The van der Waals surface area contributed by atoms with Gasteiger partial charge < -0.3 is 0 Å². The minimum atomic E-state index is -3.63. The highest BCUT2D eigenvalue weighted by atomic mass is 32.2. The Bertz CT molecular complexity index is 1050. The molecule has 0 spiro atoms. The van der Waals surface area contributed by atoms with E-state index in [1.54, 1.807) is 13.0 Å². The van der Waals surface area contributed by atoms with Crippen molar-refractivity contribution < 1.29 is 13.2 Å². The largest absolute Gasteiger partial charge is 0.271 e. The van der Waals surface area contributed by atoms with E-state index in [2.05, 4.69) is 31.3 Å². The van der Waals surface area contributed by atoms with Gasteiger partial charge in [0, 0.05) is 0 Å². The average Bonchev–Trinajstić information content (AvgIpc) is 2.63. The van der Waals surface area contributed by atoms with Gasteiger partial charge in [-0.05, 0) is 48.9 Å². The molecule has 0 saturated heterocycles. The molecule has 7 heteroatoms. The van der Waals surface area contributed by atoms with Gasteiger partial charge in [0.25, 0.3) is 5.91 Å². The second kappa shape index (κ2) is 9.00. The van der Waals surface area contributed by atoms with Gasteiger partial charge >= 0.3 is 0 Å². The van der Waals surface area contributed by atoms with Crippen LogP contribution in [0.25, 0.3) is 0 Å². The van der Waals surface area contributed by atoms with E-state index < -0.39 is 15.9 Å². The third kappa shape index (κ3) is 6.16. The number of hydrogen-bond donors (Lipinski definition) is 1. The van der Waals surface area contributed by atoms with Gasteiger partial charge in [0.05, 0.1) is 17.7 Å². The Morgan fingerprint density at radius 3 is 2.17 bits per heavy atom. The van der Waals surface area contributed by atoms with E-state index in [4.69, 9.17) is 0 Å². The Hall–Kier alpha value is -2.67. The van der Waals surface area contributed by atoms with E-state index in [9.17, 15) is 13.2 Å². The molecule has 1 N–H and O–H groups in total. The van der Waals surface area contributed by atoms with E-state index >= 15 is 0 Å². The Balaban J connectivity index is 2.15. The van der Waals surface area contributed by atoms with E-state index in [1.165, 1.54) is 5.56 Å². The number of benzene rings is 2. The highest BCUT2D eigenvalue weighted by Crippen LogP contribution is 2.24. The van der Waals surface area contributed by atoms with Gasteiger partial charge in [-0.2, -0.15) is 5.10 Å². The molecule has 0 saturated carbocycles.